The van der Waals surface area contributed by atoms with Crippen molar-refractivity contribution in [2.45, 2.75) is 58.5 Å². The molecule has 1 fully saturated rings. The van der Waals surface area contributed by atoms with E-state index in [4.69, 9.17) is 0 Å². The van der Waals surface area contributed by atoms with Crippen LogP contribution in [-0.2, 0) is 4.79 Å². The van der Waals surface area contributed by atoms with Gasteiger partial charge in [0.2, 0.25) is 0 Å². The topological polar surface area (TPSA) is 49.3 Å². The maximum atomic E-state index is 12.8. The number of hydrogen-bond acceptors (Lipinski definition) is 2. The van der Waals surface area contributed by atoms with Crippen LogP contribution in [0.5, 0.6) is 0 Å². The predicted molar refractivity (Wildman–Crippen MR) is 94.2 cm³/mol. The number of aliphatic hydroxyl groups is 1. The Kier molecular flexibility index (Phi) is 5.85. The number of hydrogen-bond donors (Lipinski definition) is 2. The number of amides is 1. The van der Waals surface area contributed by atoms with Crippen LogP contribution in [-0.4, -0.2) is 23.2 Å². The van der Waals surface area contributed by atoms with Crippen LogP contribution in [0.25, 0.3) is 0 Å². The molecule has 0 bridgehead atoms. The van der Waals surface area contributed by atoms with Gasteiger partial charge >= 0.3 is 0 Å². The van der Waals surface area contributed by atoms with E-state index < -0.39 is 5.60 Å². The Hall–Kier alpha value is -1.35. The molecule has 1 amide bonds. The first-order chi connectivity index (χ1) is 10.8. The zero-order valence-corrected chi connectivity index (χ0v) is 14.9. The van der Waals surface area contributed by atoms with Crippen LogP contribution < -0.4 is 5.32 Å². The second-order valence-corrected chi connectivity index (χ2v) is 7.68. The Morgan fingerprint density at radius 2 is 1.91 bits per heavy atom. The van der Waals surface area contributed by atoms with E-state index >= 15 is 0 Å². The fourth-order valence-corrected chi connectivity index (χ4v) is 3.93. The summed E-state index contributed by atoms with van der Waals surface area (Å²) < 4.78 is 0. The molecule has 2 N–H and O–H groups in total. The summed E-state index contributed by atoms with van der Waals surface area (Å²) in [5.74, 6) is 0.802. The molecule has 3 heteroatoms. The largest absolute Gasteiger partial charge is 0.380 e. The Morgan fingerprint density at radius 3 is 2.52 bits per heavy atom. The summed E-state index contributed by atoms with van der Waals surface area (Å²) >= 11 is 0. The molecule has 1 saturated carbocycles. The van der Waals surface area contributed by atoms with Crippen molar-refractivity contribution >= 4 is 5.91 Å². The highest BCUT2D eigenvalue weighted by Gasteiger charge is 2.48. The first kappa shape index (κ1) is 18.0. The molecule has 0 heterocycles. The second kappa shape index (κ2) is 7.48. The molecule has 0 saturated heterocycles. The Bertz CT molecular complexity index is 514. The van der Waals surface area contributed by atoms with Crippen molar-refractivity contribution in [3.05, 3.63) is 35.9 Å². The van der Waals surface area contributed by atoms with E-state index in [0.29, 0.717) is 24.8 Å². The summed E-state index contributed by atoms with van der Waals surface area (Å²) in [4.78, 5) is 12.8. The zero-order valence-electron chi connectivity index (χ0n) is 14.9. The van der Waals surface area contributed by atoms with E-state index in [1.54, 1.807) is 0 Å². The maximum absolute atomic E-state index is 12.8. The minimum absolute atomic E-state index is 0.0470. The smallest absolute Gasteiger partial charge is 0.252 e. The summed E-state index contributed by atoms with van der Waals surface area (Å²) in [6, 6.07) is 10.2. The lowest BCUT2D eigenvalue weighted by Crippen LogP contribution is -2.56. The molecule has 23 heavy (non-hydrogen) atoms. The molecule has 1 aromatic carbocycles. The lowest BCUT2D eigenvalue weighted by molar-refractivity contribution is -0.155. The van der Waals surface area contributed by atoms with Crippen LogP contribution in [0.3, 0.4) is 0 Å². The van der Waals surface area contributed by atoms with Gasteiger partial charge in [-0.2, -0.15) is 0 Å². The summed E-state index contributed by atoms with van der Waals surface area (Å²) in [5, 5.41) is 14.1. The fourth-order valence-electron chi connectivity index (χ4n) is 3.93. The van der Waals surface area contributed by atoms with Gasteiger partial charge in [-0.25, -0.2) is 0 Å². The lowest BCUT2D eigenvalue weighted by Gasteiger charge is -2.43. The van der Waals surface area contributed by atoms with Crippen LogP contribution >= 0.6 is 0 Å². The third-order valence-electron chi connectivity index (χ3n) is 5.38. The highest BCUT2D eigenvalue weighted by atomic mass is 16.3. The van der Waals surface area contributed by atoms with Gasteiger partial charge in [0.1, 0.15) is 5.60 Å². The molecule has 2 rings (SSSR count). The number of nitrogens with one attached hydrogen (secondary N) is 1. The summed E-state index contributed by atoms with van der Waals surface area (Å²) in [7, 11) is 0. The molecule has 0 radical (unpaired) electrons. The Labute approximate surface area is 140 Å². The van der Waals surface area contributed by atoms with Crippen molar-refractivity contribution in [1.82, 2.24) is 5.32 Å². The average Bonchev–Trinajstić information content (AvgIpc) is 2.52. The fraction of sp³-hybridized carbons (Fsp3) is 0.650. The predicted octanol–water partition coefficient (Wildman–Crippen LogP) is 3.73. The third kappa shape index (κ3) is 4.14. The van der Waals surface area contributed by atoms with Crippen molar-refractivity contribution in [3.63, 3.8) is 0 Å². The van der Waals surface area contributed by atoms with Gasteiger partial charge in [-0.15, -0.1) is 0 Å². The summed E-state index contributed by atoms with van der Waals surface area (Å²) in [6.45, 7) is 8.99. The van der Waals surface area contributed by atoms with E-state index in [2.05, 4.69) is 45.1 Å². The number of carbonyl (C=O) groups excluding carboxylic acids is 1. The minimum Gasteiger partial charge on any atom is -0.380 e. The third-order valence-corrected chi connectivity index (χ3v) is 5.38. The molecular formula is C20H31NO2. The van der Waals surface area contributed by atoms with Crippen molar-refractivity contribution < 1.29 is 9.90 Å². The number of benzene rings is 1. The Balaban J connectivity index is 2.02. The van der Waals surface area contributed by atoms with Crippen molar-refractivity contribution in [3.8, 4) is 0 Å². The van der Waals surface area contributed by atoms with Crippen molar-refractivity contribution in [2.24, 2.45) is 17.8 Å². The molecule has 1 aliphatic rings. The van der Waals surface area contributed by atoms with Crippen LogP contribution in [0.2, 0.25) is 0 Å². The van der Waals surface area contributed by atoms with Crippen molar-refractivity contribution in [1.29, 1.82) is 0 Å². The monoisotopic (exact) mass is 317 g/mol. The summed E-state index contributed by atoms with van der Waals surface area (Å²) in [5.41, 5.74) is -0.0142. The van der Waals surface area contributed by atoms with Crippen LogP contribution in [0, 0.1) is 17.8 Å². The normalized spacial score (nSPS) is 29.3. The van der Waals surface area contributed by atoms with Crippen molar-refractivity contribution in [2.75, 3.05) is 6.54 Å². The van der Waals surface area contributed by atoms with E-state index in [-0.39, 0.29) is 17.7 Å². The molecule has 4 atom stereocenters. The highest BCUT2D eigenvalue weighted by Crippen LogP contribution is 2.41. The van der Waals surface area contributed by atoms with Crippen LogP contribution in [0.1, 0.15) is 58.4 Å². The van der Waals surface area contributed by atoms with Gasteiger partial charge in [0.15, 0.2) is 0 Å². The molecule has 0 spiro atoms. The van der Waals surface area contributed by atoms with E-state index in [1.807, 2.05) is 18.2 Å². The van der Waals surface area contributed by atoms with Gasteiger partial charge in [-0.1, -0.05) is 64.4 Å². The second-order valence-electron chi connectivity index (χ2n) is 7.68. The minimum atomic E-state index is -1.22. The van der Waals surface area contributed by atoms with E-state index in [1.165, 1.54) is 5.56 Å². The Morgan fingerprint density at radius 1 is 1.26 bits per heavy atom. The molecule has 3 nitrogen and oxygen atoms in total. The molecule has 0 aromatic heterocycles. The SMILES string of the molecule is CC(CNC(=O)[C@]1(O)C[C@H](C)CC[C@H]1C(C)C)c1ccccc1. The quantitative estimate of drug-likeness (QED) is 0.869. The first-order valence-electron chi connectivity index (χ1n) is 8.90. The zero-order chi connectivity index (χ0) is 17.0. The van der Waals surface area contributed by atoms with Gasteiger partial charge in [-0.3, -0.25) is 4.79 Å². The summed E-state index contributed by atoms with van der Waals surface area (Å²) in [6.07, 6.45) is 2.59. The molecule has 1 aliphatic carbocycles. The van der Waals surface area contributed by atoms with Gasteiger partial charge in [0, 0.05) is 6.54 Å². The molecule has 128 valence electrons. The highest BCUT2D eigenvalue weighted by molar-refractivity contribution is 5.85. The lowest BCUT2D eigenvalue weighted by atomic mass is 9.66. The average molecular weight is 317 g/mol. The van der Waals surface area contributed by atoms with Gasteiger partial charge in [0.25, 0.3) is 5.91 Å². The van der Waals surface area contributed by atoms with Gasteiger partial charge in [0.05, 0.1) is 0 Å². The standard InChI is InChI=1S/C20H31NO2/c1-14(2)18-11-10-15(3)12-20(18,23)19(22)21-13-16(4)17-8-6-5-7-9-17/h5-9,14-16,18,23H,10-13H2,1-4H3,(H,21,22)/t15-,16?,18+,20+/m1/s1. The molecule has 1 unspecified atom stereocenters. The van der Waals surface area contributed by atoms with Gasteiger partial charge in [-0.05, 0) is 42.1 Å². The van der Waals surface area contributed by atoms with E-state index in [0.717, 1.165) is 12.8 Å². The van der Waals surface area contributed by atoms with Crippen LogP contribution in [0.4, 0.5) is 0 Å². The molecular weight excluding hydrogens is 286 g/mol. The van der Waals surface area contributed by atoms with E-state index in [9.17, 15) is 9.90 Å². The van der Waals surface area contributed by atoms with Crippen LogP contribution in [0.15, 0.2) is 30.3 Å². The number of rotatable bonds is 5. The molecule has 0 aliphatic heterocycles. The number of carbonyl (C=O) groups is 1. The molecule has 1 aromatic rings. The maximum Gasteiger partial charge on any atom is 0.252 e. The van der Waals surface area contributed by atoms with Gasteiger partial charge < -0.3 is 10.4 Å². The first-order valence-corrected chi connectivity index (χ1v) is 8.90.